The van der Waals surface area contributed by atoms with Crippen LogP contribution in [0, 0.1) is 0 Å². The fourth-order valence-corrected chi connectivity index (χ4v) is 8.90. The highest BCUT2D eigenvalue weighted by molar-refractivity contribution is 7.47. The number of carbonyl (C=O) groups excluding carboxylic acids is 2. The van der Waals surface area contributed by atoms with Crippen molar-refractivity contribution in [3.63, 3.8) is 0 Å². The van der Waals surface area contributed by atoms with Gasteiger partial charge in [0.2, 0.25) is 0 Å². The van der Waals surface area contributed by atoms with Crippen LogP contribution in [0.15, 0.2) is 72.9 Å². The summed E-state index contributed by atoms with van der Waals surface area (Å²) < 4.78 is 34.6. The topological polar surface area (TPSA) is 108 Å². The summed E-state index contributed by atoms with van der Waals surface area (Å²) in [5.74, 6) is -0.815. The molecular weight excluding hydrogens is 918 g/mol. The minimum Gasteiger partial charge on any atom is -0.462 e. The summed E-state index contributed by atoms with van der Waals surface area (Å²) in [5.41, 5.74) is 0. The van der Waals surface area contributed by atoms with Gasteiger partial charge in [0, 0.05) is 12.8 Å². The first-order chi connectivity index (χ1) is 35.0. The zero-order valence-corrected chi connectivity index (χ0v) is 48.3. The number of nitrogens with zero attached hydrogens (tertiary/aromatic N) is 1. The lowest BCUT2D eigenvalue weighted by molar-refractivity contribution is -0.870. The van der Waals surface area contributed by atoms with Crippen molar-refractivity contribution >= 4 is 19.8 Å². The standard InChI is InChI=1S/C62H112NO8P/c1-6-8-10-12-14-16-18-20-22-24-26-28-29-30-31-32-33-35-36-38-40-42-44-46-48-50-52-54-61(64)68-58-60(59-70-72(66,67)69-57-56-63(3,4)5)71-62(65)55-53-51-49-47-45-43-41-39-37-34-27-25-23-21-19-17-15-13-11-9-7-2/h9,11,15,17,21,23-24,26-27,34,39,41,60H,6-8,10,12-14,16,18-20,22,25,28-33,35-38,40,42-59H2,1-5H3/p+1/b11-9-,17-15-,23-21-,26-24-,34-27-,41-39-. The zero-order valence-electron chi connectivity index (χ0n) is 47.4. The van der Waals surface area contributed by atoms with E-state index in [-0.39, 0.29) is 32.0 Å². The van der Waals surface area contributed by atoms with Gasteiger partial charge in [-0.2, -0.15) is 0 Å². The lowest BCUT2D eigenvalue weighted by Gasteiger charge is -2.24. The SMILES string of the molecule is CC/C=C\C/C=C\C/C=C\C/C=C\C/C=C\CCCCCCCC(=O)OC(COC(=O)CCCCCCCCCCCCCCCCC/C=C\CCCCCCCCCC)COP(=O)(O)OCC[N+](C)(C)C. The molecule has 0 aromatic rings. The highest BCUT2D eigenvalue weighted by atomic mass is 31.2. The Morgan fingerprint density at radius 1 is 0.444 bits per heavy atom. The van der Waals surface area contributed by atoms with Crippen LogP contribution in [-0.4, -0.2) is 74.9 Å². The van der Waals surface area contributed by atoms with Crippen LogP contribution in [-0.2, 0) is 32.7 Å². The number of quaternary nitrogens is 1. The predicted molar refractivity (Wildman–Crippen MR) is 307 cm³/mol. The quantitative estimate of drug-likeness (QED) is 0.0211. The molecule has 0 aromatic heterocycles. The Morgan fingerprint density at radius 3 is 1.19 bits per heavy atom. The number of carbonyl (C=O) groups is 2. The van der Waals surface area contributed by atoms with Gasteiger partial charge in [-0.25, -0.2) is 4.57 Å². The smallest absolute Gasteiger partial charge is 0.462 e. The highest BCUT2D eigenvalue weighted by Crippen LogP contribution is 2.43. The Labute approximate surface area is 444 Å². The number of rotatable bonds is 54. The van der Waals surface area contributed by atoms with E-state index in [2.05, 4.69) is 86.8 Å². The maximum Gasteiger partial charge on any atom is 0.472 e. The lowest BCUT2D eigenvalue weighted by atomic mass is 10.0. The average Bonchev–Trinajstić information content (AvgIpc) is 3.34. The van der Waals surface area contributed by atoms with Crippen molar-refractivity contribution in [1.82, 2.24) is 0 Å². The van der Waals surface area contributed by atoms with Gasteiger partial charge in [-0.3, -0.25) is 18.6 Å². The number of hydrogen-bond donors (Lipinski definition) is 1. The molecule has 2 unspecified atom stereocenters. The first kappa shape index (κ1) is 69.5. The summed E-state index contributed by atoms with van der Waals surface area (Å²) in [7, 11) is 1.46. The molecule has 0 aromatic carbocycles. The highest BCUT2D eigenvalue weighted by Gasteiger charge is 2.27. The third-order valence-corrected chi connectivity index (χ3v) is 13.7. The fourth-order valence-electron chi connectivity index (χ4n) is 8.16. The molecule has 0 aliphatic rings. The van der Waals surface area contributed by atoms with Crippen molar-refractivity contribution in [3.05, 3.63) is 72.9 Å². The molecule has 1 N–H and O–H groups in total. The summed E-state index contributed by atoms with van der Waals surface area (Å²) in [4.78, 5) is 35.7. The fraction of sp³-hybridized carbons (Fsp3) is 0.774. The molecule has 0 spiro atoms. The summed E-state index contributed by atoms with van der Waals surface area (Å²) in [6, 6.07) is 0. The van der Waals surface area contributed by atoms with Crippen molar-refractivity contribution < 1.29 is 42.1 Å². The molecular formula is C62H113NO8P+. The second-order valence-electron chi connectivity index (χ2n) is 21.0. The number of phosphoric acid groups is 1. The molecule has 10 heteroatoms. The largest absolute Gasteiger partial charge is 0.472 e. The Kier molecular flexibility index (Phi) is 51.4. The molecule has 0 heterocycles. The van der Waals surface area contributed by atoms with Gasteiger partial charge in [-0.1, -0.05) is 234 Å². The summed E-state index contributed by atoms with van der Waals surface area (Å²) in [6.07, 6.45) is 69.8. The van der Waals surface area contributed by atoms with Gasteiger partial charge in [0.1, 0.15) is 19.8 Å². The number of ether oxygens (including phenoxy) is 2. The van der Waals surface area contributed by atoms with Crippen LogP contribution < -0.4 is 0 Å². The third-order valence-electron chi connectivity index (χ3n) is 12.7. The first-order valence-electron chi connectivity index (χ1n) is 29.7. The Hall–Kier alpha value is -2.55. The van der Waals surface area contributed by atoms with Crippen LogP contribution in [0.25, 0.3) is 0 Å². The van der Waals surface area contributed by atoms with Gasteiger partial charge < -0.3 is 18.9 Å². The van der Waals surface area contributed by atoms with E-state index in [0.717, 1.165) is 83.5 Å². The van der Waals surface area contributed by atoms with Gasteiger partial charge in [0.15, 0.2) is 6.10 Å². The average molecular weight is 1030 g/mol. The number of esters is 2. The van der Waals surface area contributed by atoms with Gasteiger partial charge in [0.25, 0.3) is 0 Å². The molecule has 2 atom stereocenters. The molecule has 0 fully saturated rings. The summed E-state index contributed by atoms with van der Waals surface area (Å²) in [6.45, 7) is 4.31. The minimum atomic E-state index is -4.39. The Balaban J connectivity index is 4.16. The first-order valence-corrected chi connectivity index (χ1v) is 31.2. The van der Waals surface area contributed by atoms with Gasteiger partial charge >= 0.3 is 19.8 Å². The van der Waals surface area contributed by atoms with Crippen molar-refractivity contribution in [2.75, 3.05) is 47.5 Å². The van der Waals surface area contributed by atoms with Crippen molar-refractivity contribution in [2.45, 2.75) is 264 Å². The maximum atomic E-state index is 12.8. The van der Waals surface area contributed by atoms with E-state index in [9.17, 15) is 19.0 Å². The van der Waals surface area contributed by atoms with Crippen molar-refractivity contribution in [1.29, 1.82) is 0 Å². The van der Waals surface area contributed by atoms with Crippen molar-refractivity contribution in [3.8, 4) is 0 Å². The van der Waals surface area contributed by atoms with Gasteiger partial charge in [-0.15, -0.1) is 0 Å². The summed E-state index contributed by atoms with van der Waals surface area (Å²) >= 11 is 0. The number of hydrogen-bond acceptors (Lipinski definition) is 7. The van der Waals surface area contributed by atoms with Crippen LogP contribution in [0.5, 0.6) is 0 Å². The Morgan fingerprint density at radius 2 is 0.792 bits per heavy atom. The molecule has 9 nitrogen and oxygen atoms in total. The molecule has 418 valence electrons. The van der Waals surface area contributed by atoms with E-state index < -0.39 is 26.5 Å². The maximum absolute atomic E-state index is 12.8. The molecule has 0 saturated carbocycles. The van der Waals surface area contributed by atoms with Crippen LogP contribution in [0.2, 0.25) is 0 Å². The van der Waals surface area contributed by atoms with E-state index in [1.165, 1.54) is 141 Å². The normalized spacial score (nSPS) is 13.8. The number of unbranched alkanes of at least 4 members (excludes halogenated alkanes) is 28. The molecule has 0 aliphatic carbocycles. The second-order valence-corrected chi connectivity index (χ2v) is 22.5. The van der Waals surface area contributed by atoms with Gasteiger partial charge in [-0.05, 0) is 83.5 Å². The lowest BCUT2D eigenvalue weighted by Crippen LogP contribution is -2.37. The molecule has 0 rings (SSSR count). The molecule has 0 saturated heterocycles. The van der Waals surface area contributed by atoms with Crippen LogP contribution >= 0.6 is 7.82 Å². The summed E-state index contributed by atoms with van der Waals surface area (Å²) in [5, 5.41) is 0. The monoisotopic (exact) mass is 1030 g/mol. The van der Waals surface area contributed by atoms with E-state index >= 15 is 0 Å². The third kappa shape index (κ3) is 56.7. The number of allylic oxidation sites excluding steroid dienone is 12. The van der Waals surface area contributed by atoms with Gasteiger partial charge in [0.05, 0.1) is 27.7 Å². The molecule has 0 amide bonds. The molecule has 0 aliphatic heterocycles. The van der Waals surface area contributed by atoms with E-state index in [1.807, 2.05) is 21.1 Å². The van der Waals surface area contributed by atoms with Crippen LogP contribution in [0.4, 0.5) is 0 Å². The van der Waals surface area contributed by atoms with E-state index in [4.69, 9.17) is 18.5 Å². The van der Waals surface area contributed by atoms with E-state index in [0.29, 0.717) is 17.4 Å². The predicted octanol–water partition coefficient (Wildman–Crippen LogP) is 18.5. The number of likely N-dealkylation sites (N-methyl/N-ethyl adjacent to an activating group) is 1. The second kappa shape index (κ2) is 53.3. The molecule has 0 bridgehead atoms. The molecule has 72 heavy (non-hydrogen) atoms. The Bertz CT molecular complexity index is 1450. The van der Waals surface area contributed by atoms with Crippen molar-refractivity contribution in [2.24, 2.45) is 0 Å². The zero-order chi connectivity index (χ0) is 52.7. The van der Waals surface area contributed by atoms with Crippen LogP contribution in [0.3, 0.4) is 0 Å². The van der Waals surface area contributed by atoms with Crippen LogP contribution in [0.1, 0.15) is 258 Å². The molecule has 0 radical (unpaired) electrons. The van der Waals surface area contributed by atoms with E-state index in [1.54, 1.807) is 0 Å². The minimum absolute atomic E-state index is 0.0252. The number of phosphoric ester groups is 1.